The van der Waals surface area contributed by atoms with Crippen molar-refractivity contribution in [1.82, 2.24) is 9.97 Å². The fourth-order valence-corrected chi connectivity index (χ4v) is 3.60. The Bertz CT molecular complexity index is 835. The maximum atomic E-state index is 12.5. The summed E-state index contributed by atoms with van der Waals surface area (Å²) in [6, 6.07) is 7.32. The Morgan fingerprint density at radius 1 is 1.40 bits per heavy atom. The number of nitrogens with zero attached hydrogens (tertiary/aromatic N) is 1. The van der Waals surface area contributed by atoms with Crippen molar-refractivity contribution in [2.45, 2.75) is 43.5 Å². The molecule has 0 saturated carbocycles. The van der Waals surface area contributed by atoms with E-state index in [9.17, 15) is 9.59 Å². The van der Waals surface area contributed by atoms with Crippen molar-refractivity contribution < 1.29 is 9.53 Å². The van der Waals surface area contributed by atoms with Gasteiger partial charge in [-0.15, -0.1) is 0 Å². The van der Waals surface area contributed by atoms with Gasteiger partial charge in [0, 0.05) is 5.56 Å². The van der Waals surface area contributed by atoms with Crippen LogP contribution in [0.5, 0.6) is 5.75 Å². The summed E-state index contributed by atoms with van der Waals surface area (Å²) >= 11 is 1.25. The summed E-state index contributed by atoms with van der Waals surface area (Å²) in [5, 5.41) is 2.96. The summed E-state index contributed by atoms with van der Waals surface area (Å²) in [7, 11) is 0. The van der Waals surface area contributed by atoms with E-state index in [0.717, 1.165) is 30.5 Å². The van der Waals surface area contributed by atoms with Gasteiger partial charge in [0.15, 0.2) is 5.16 Å². The summed E-state index contributed by atoms with van der Waals surface area (Å²) in [5.74, 6) is 0.472. The van der Waals surface area contributed by atoms with E-state index in [4.69, 9.17) is 4.74 Å². The van der Waals surface area contributed by atoms with Crippen LogP contribution < -0.4 is 15.6 Å². The largest absolute Gasteiger partial charge is 0.492 e. The number of thioether (sulfide) groups is 1. The zero-order valence-corrected chi connectivity index (χ0v) is 15.1. The highest BCUT2D eigenvalue weighted by molar-refractivity contribution is 8.00. The second kappa shape index (κ2) is 7.74. The number of H-pyrrole nitrogens is 1. The number of rotatable bonds is 6. The van der Waals surface area contributed by atoms with Crippen LogP contribution in [0.1, 0.15) is 31.5 Å². The molecule has 0 bridgehead atoms. The third kappa shape index (κ3) is 4.04. The number of hydrogen-bond acceptors (Lipinski definition) is 5. The number of para-hydroxylation sites is 2. The lowest BCUT2D eigenvalue weighted by atomic mass is 10.3. The Hall–Kier alpha value is -2.28. The Labute approximate surface area is 150 Å². The highest BCUT2D eigenvalue weighted by Gasteiger charge is 2.21. The van der Waals surface area contributed by atoms with Gasteiger partial charge >= 0.3 is 0 Å². The SMILES string of the molecule is CCOc1ccccc1NC(=O)[C@H](C)Sc1nc2c(c(=O)[nH]1)CCC2. The second-order valence-corrected chi connectivity index (χ2v) is 7.16. The van der Waals surface area contributed by atoms with E-state index < -0.39 is 5.25 Å². The van der Waals surface area contributed by atoms with E-state index in [1.54, 1.807) is 13.0 Å². The van der Waals surface area contributed by atoms with Crippen LogP contribution in [0.15, 0.2) is 34.2 Å². The van der Waals surface area contributed by atoms with Crippen LogP contribution in [0.4, 0.5) is 5.69 Å². The molecule has 0 spiro atoms. The summed E-state index contributed by atoms with van der Waals surface area (Å²) in [6.45, 7) is 4.21. The molecule has 3 rings (SSSR count). The number of aryl methyl sites for hydroxylation is 1. The van der Waals surface area contributed by atoms with Crippen molar-refractivity contribution in [3.63, 3.8) is 0 Å². The van der Waals surface area contributed by atoms with E-state index in [1.165, 1.54) is 11.8 Å². The number of carbonyl (C=O) groups is 1. The minimum Gasteiger partial charge on any atom is -0.492 e. The Morgan fingerprint density at radius 2 is 2.20 bits per heavy atom. The molecule has 2 aromatic rings. The fourth-order valence-electron chi connectivity index (χ4n) is 2.78. The molecule has 1 heterocycles. The number of benzene rings is 1. The normalized spacial score (nSPS) is 14.0. The summed E-state index contributed by atoms with van der Waals surface area (Å²) < 4.78 is 5.52. The van der Waals surface area contributed by atoms with E-state index in [-0.39, 0.29) is 11.5 Å². The van der Waals surface area contributed by atoms with Gasteiger partial charge in [-0.25, -0.2) is 4.98 Å². The molecular weight excluding hydrogens is 338 g/mol. The molecule has 0 unspecified atom stereocenters. The second-order valence-electron chi connectivity index (χ2n) is 5.83. The van der Waals surface area contributed by atoms with Gasteiger partial charge in [-0.3, -0.25) is 9.59 Å². The van der Waals surface area contributed by atoms with Gasteiger partial charge in [0.25, 0.3) is 5.56 Å². The highest BCUT2D eigenvalue weighted by atomic mass is 32.2. The molecular formula is C18H21N3O3S. The van der Waals surface area contributed by atoms with Crippen LogP contribution >= 0.6 is 11.8 Å². The van der Waals surface area contributed by atoms with E-state index in [1.807, 2.05) is 25.1 Å². The average molecular weight is 359 g/mol. The van der Waals surface area contributed by atoms with Crippen LogP contribution in [-0.4, -0.2) is 27.7 Å². The number of nitrogens with one attached hydrogen (secondary N) is 2. The molecule has 25 heavy (non-hydrogen) atoms. The van der Waals surface area contributed by atoms with Crippen LogP contribution in [0.3, 0.4) is 0 Å². The van der Waals surface area contributed by atoms with Crippen LogP contribution in [0, 0.1) is 0 Å². The monoisotopic (exact) mass is 359 g/mol. The number of aromatic amines is 1. The zero-order chi connectivity index (χ0) is 17.8. The van der Waals surface area contributed by atoms with Gasteiger partial charge in [-0.05, 0) is 45.2 Å². The first-order valence-corrected chi connectivity index (χ1v) is 9.28. The fraction of sp³-hybridized carbons (Fsp3) is 0.389. The van der Waals surface area contributed by atoms with Crippen molar-refractivity contribution >= 4 is 23.4 Å². The summed E-state index contributed by atoms with van der Waals surface area (Å²) in [6.07, 6.45) is 2.58. The number of anilines is 1. The molecule has 1 aromatic carbocycles. The molecule has 0 fully saturated rings. The van der Waals surface area contributed by atoms with E-state index >= 15 is 0 Å². The van der Waals surface area contributed by atoms with Crippen molar-refractivity contribution in [3.05, 3.63) is 45.9 Å². The smallest absolute Gasteiger partial charge is 0.254 e. The molecule has 2 N–H and O–H groups in total. The minimum absolute atomic E-state index is 0.0840. The topological polar surface area (TPSA) is 84.1 Å². The van der Waals surface area contributed by atoms with E-state index in [0.29, 0.717) is 23.2 Å². The predicted molar refractivity (Wildman–Crippen MR) is 98.4 cm³/mol. The average Bonchev–Trinajstić information content (AvgIpc) is 3.06. The third-order valence-corrected chi connectivity index (χ3v) is 5.01. The lowest BCUT2D eigenvalue weighted by Gasteiger charge is -2.14. The first-order chi connectivity index (χ1) is 12.1. The number of carbonyl (C=O) groups excluding carboxylic acids is 1. The Balaban J connectivity index is 1.69. The van der Waals surface area contributed by atoms with Gasteiger partial charge in [0.05, 0.1) is 23.2 Å². The van der Waals surface area contributed by atoms with E-state index in [2.05, 4.69) is 15.3 Å². The van der Waals surface area contributed by atoms with Crippen LogP contribution in [0.25, 0.3) is 0 Å². The molecule has 0 radical (unpaired) electrons. The van der Waals surface area contributed by atoms with Crippen LogP contribution in [-0.2, 0) is 17.6 Å². The van der Waals surface area contributed by atoms with Gasteiger partial charge in [0.2, 0.25) is 5.91 Å². The van der Waals surface area contributed by atoms with Crippen molar-refractivity contribution in [2.75, 3.05) is 11.9 Å². The standard InChI is InChI=1S/C18H21N3O3S/c1-3-24-15-10-5-4-8-14(15)19-16(22)11(2)25-18-20-13-9-6-7-12(13)17(23)21-18/h4-5,8,10-11H,3,6-7,9H2,1-2H3,(H,19,22)(H,20,21,23)/t11-/m0/s1. The molecule has 1 aliphatic carbocycles. The Kier molecular flexibility index (Phi) is 5.43. The Morgan fingerprint density at radius 3 is 3.00 bits per heavy atom. The van der Waals surface area contributed by atoms with Gasteiger partial charge in [-0.1, -0.05) is 23.9 Å². The molecule has 132 valence electrons. The highest BCUT2D eigenvalue weighted by Crippen LogP contribution is 2.27. The molecule has 1 atom stereocenters. The van der Waals surface area contributed by atoms with Crippen molar-refractivity contribution in [3.8, 4) is 5.75 Å². The first kappa shape index (κ1) is 17.5. The zero-order valence-electron chi connectivity index (χ0n) is 14.3. The molecule has 0 saturated heterocycles. The molecule has 1 aliphatic rings. The van der Waals surface area contributed by atoms with Gasteiger partial charge in [0.1, 0.15) is 5.75 Å². The number of hydrogen-bond donors (Lipinski definition) is 2. The molecule has 1 aromatic heterocycles. The number of ether oxygens (including phenoxy) is 1. The molecule has 6 nitrogen and oxygen atoms in total. The minimum atomic E-state index is -0.405. The molecule has 1 amide bonds. The van der Waals surface area contributed by atoms with Crippen molar-refractivity contribution in [2.24, 2.45) is 0 Å². The first-order valence-electron chi connectivity index (χ1n) is 8.40. The third-order valence-electron chi connectivity index (χ3n) is 4.02. The lowest BCUT2D eigenvalue weighted by molar-refractivity contribution is -0.115. The summed E-state index contributed by atoms with van der Waals surface area (Å²) in [4.78, 5) is 31.8. The van der Waals surface area contributed by atoms with Crippen molar-refractivity contribution in [1.29, 1.82) is 0 Å². The quantitative estimate of drug-likeness (QED) is 0.612. The lowest BCUT2D eigenvalue weighted by Crippen LogP contribution is -2.24. The maximum Gasteiger partial charge on any atom is 0.254 e. The number of fused-ring (bicyclic) bond motifs is 1. The van der Waals surface area contributed by atoms with Gasteiger partial charge in [-0.2, -0.15) is 0 Å². The summed E-state index contributed by atoms with van der Waals surface area (Å²) in [5.41, 5.74) is 2.20. The molecule has 7 heteroatoms. The van der Waals surface area contributed by atoms with Crippen LogP contribution in [0.2, 0.25) is 0 Å². The predicted octanol–water partition coefficient (Wildman–Crippen LogP) is 2.78. The number of aromatic nitrogens is 2. The van der Waals surface area contributed by atoms with Gasteiger partial charge < -0.3 is 15.0 Å². The maximum absolute atomic E-state index is 12.5. The number of amides is 1. The molecule has 0 aliphatic heterocycles.